The van der Waals surface area contributed by atoms with Crippen molar-refractivity contribution >= 4 is 16.7 Å². The van der Waals surface area contributed by atoms with E-state index < -0.39 is 0 Å². The number of rotatable bonds is 8. The Morgan fingerprint density at radius 3 is 2.72 bits per heavy atom. The van der Waals surface area contributed by atoms with Gasteiger partial charge in [-0.1, -0.05) is 18.2 Å². The molecule has 1 heterocycles. The van der Waals surface area contributed by atoms with Crippen LogP contribution in [0.4, 0.5) is 0 Å². The van der Waals surface area contributed by atoms with E-state index in [-0.39, 0.29) is 17.5 Å². The van der Waals surface area contributed by atoms with Crippen LogP contribution in [0.15, 0.2) is 29.1 Å². The van der Waals surface area contributed by atoms with Crippen molar-refractivity contribution in [3.8, 4) is 0 Å². The van der Waals surface area contributed by atoms with Crippen LogP contribution in [0.2, 0.25) is 0 Å². The molecule has 0 unspecified atom stereocenters. The Morgan fingerprint density at radius 2 is 2.04 bits per heavy atom. The number of hydrogen-bond acceptors (Lipinski definition) is 4. The fraction of sp³-hybridized carbons (Fsp3) is 0.526. The van der Waals surface area contributed by atoms with Crippen LogP contribution in [0.1, 0.15) is 49.6 Å². The second-order valence-corrected chi connectivity index (χ2v) is 6.87. The molecule has 1 aromatic heterocycles. The second-order valence-electron chi connectivity index (χ2n) is 6.87. The lowest BCUT2D eigenvalue weighted by molar-refractivity contribution is 0.0932. The normalized spacial score (nSPS) is 14.2. The van der Waals surface area contributed by atoms with E-state index in [0.29, 0.717) is 29.6 Å². The standard InChI is InChI=1S/C19H25N3O3/c1-13(2)22-19(24)16-7-4-3-6-15(16)17(21-22)18(23)20-10-5-11-25-12-14-8-9-14/h3-4,6-7,13-14H,5,8-12H2,1-2H3,(H,20,23). The summed E-state index contributed by atoms with van der Waals surface area (Å²) in [5, 5.41) is 8.30. The molecule has 0 atom stereocenters. The number of amides is 1. The van der Waals surface area contributed by atoms with Gasteiger partial charge in [-0.2, -0.15) is 5.10 Å². The van der Waals surface area contributed by atoms with E-state index in [0.717, 1.165) is 18.9 Å². The molecular weight excluding hydrogens is 318 g/mol. The summed E-state index contributed by atoms with van der Waals surface area (Å²) in [5.41, 5.74) is 0.124. The molecule has 25 heavy (non-hydrogen) atoms. The van der Waals surface area contributed by atoms with Gasteiger partial charge in [0.2, 0.25) is 0 Å². The fourth-order valence-corrected chi connectivity index (χ4v) is 2.72. The summed E-state index contributed by atoms with van der Waals surface area (Å²) in [5.74, 6) is 0.495. The van der Waals surface area contributed by atoms with Crippen LogP contribution >= 0.6 is 0 Å². The molecule has 134 valence electrons. The number of hydrogen-bond donors (Lipinski definition) is 1. The molecule has 6 nitrogen and oxygen atoms in total. The second kappa shape index (κ2) is 7.78. The minimum atomic E-state index is -0.257. The number of carbonyl (C=O) groups excluding carboxylic acids is 1. The Bertz CT molecular complexity index is 809. The molecule has 0 radical (unpaired) electrons. The minimum absolute atomic E-state index is 0.112. The maximum absolute atomic E-state index is 12.6. The zero-order valence-electron chi connectivity index (χ0n) is 14.8. The van der Waals surface area contributed by atoms with Gasteiger partial charge in [0.1, 0.15) is 0 Å². The third-order valence-electron chi connectivity index (χ3n) is 4.33. The van der Waals surface area contributed by atoms with E-state index in [9.17, 15) is 9.59 Å². The van der Waals surface area contributed by atoms with Crippen molar-refractivity contribution in [1.82, 2.24) is 15.1 Å². The first kappa shape index (κ1) is 17.6. The van der Waals surface area contributed by atoms with Crippen LogP contribution in [-0.4, -0.2) is 35.4 Å². The quantitative estimate of drug-likeness (QED) is 0.748. The molecule has 1 aliphatic carbocycles. The van der Waals surface area contributed by atoms with Crippen molar-refractivity contribution in [3.63, 3.8) is 0 Å². The molecule has 1 N–H and O–H groups in total. The van der Waals surface area contributed by atoms with Gasteiger partial charge in [0, 0.05) is 25.1 Å². The van der Waals surface area contributed by atoms with Crippen molar-refractivity contribution in [2.24, 2.45) is 5.92 Å². The van der Waals surface area contributed by atoms with E-state index in [1.54, 1.807) is 18.2 Å². The van der Waals surface area contributed by atoms with Gasteiger partial charge in [0.05, 0.1) is 11.4 Å². The predicted octanol–water partition coefficient (Wildman–Crippen LogP) is 2.52. The lowest BCUT2D eigenvalue weighted by atomic mass is 10.1. The minimum Gasteiger partial charge on any atom is -0.381 e. The Hall–Kier alpha value is -2.21. The molecule has 0 saturated heterocycles. The zero-order valence-corrected chi connectivity index (χ0v) is 14.8. The van der Waals surface area contributed by atoms with Gasteiger partial charge in [0.25, 0.3) is 11.5 Å². The molecule has 6 heteroatoms. The highest BCUT2D eigenvalue weighted by Crippen LogP contribution is 2.28. The summed E-state index contributed by atoms with van der Waals surface area (Å²) >= 11 is 0. The Balaban J connectivity index is 1.69. The smallest absolute Gasteiger partial charge is 0.274 e. The molecule has 1 amide bonds. The van der Waals surface area contributed by atoms with Gasteiger partial charge < -0.3 is 10.1 Å². The lowest BCUT2D eigenvalue weighted by Gasteiger charge is -2.13. The summed E-state index contributed by atoms with van der Waals surface area (Å²) < 4.78 is 6.94. The first-order chi connectivity index (χ1) is 12.1. The molecule has 1 saturated carbocycles. The van der Waals surface area contributed by atoms with Crippen LogP contribution in [0, 0.1) is 5.92 Å². The van der Waals surface area contributed by atoms with Crippen molar-refractivity contribution in [2.45, 2.75) is 39.2 Å². The number of nitrogens with one attached hydrogen (secondary N) is 1. The highest BCUT2D eigenvalue weighted by Gasteiger charge is 2.21. The molecule has 0 spiro atoms. The molecule has 0 bridgehead atoms. The SMILES string of the molecule is CC(C)n1nc(C(=O)NCCCOCC2CC2)c2ccccc2c1=O. The molecule has 0 aliphatic heterocycles. The Kier molecular flexibility index (Phi) is 5.48. The predicted molar refractivity (Wildman–Crippen MR) is 96.9 cm³/mol. The molecule has 2 aromatic rings. The van der Waals surface area contributed by atoms with E-state index >= 15 is 0 Å². The van der Waals surface area contributed by atoms with Crippen LogP contribution < -0.4 is 10.9 Å². The molecule has 1 aromatic carbocycles. The van der Waals surface area contributed by atoms with Crippen LogP contribution in [-0.2, 0) is 4.74 Å². The number of ether oxygens (including phenoxy) is 1. The Labute approximate surface area is 147 Å². The van der Waals surface area contributed by atoms with Crippen molar-refractivity contribution in [3.05, 3.63) is 40.3 Å². The van der Waals surface area contributed by atoms with Crippen molar-refractivity contribution < 1.29 is 9.53 Å². The average Bonchev–Trinajstić information content (AvgIpc) is 3.42. The lowest BCUT2D eigenvalue weighted by Crippen LogP contribution is -2.32. The van der Waals surface area contributed by atoms with Gasteiger partial charge in [-0.3, -0.25) is 9.59 Å². The molecule has 1 fully saturated rings. The Morgan fingerprint density at radius 1 is 1.32 bits per heavy atom. The van der Waals surface area contributed by atoms with Gasteiger partial charge in [0.15, 0.2) is 5.69 Å². The number of benzene rings is 1. The van der Waals surface area contributed by atoms with Gasteiger partial charge in [-0.05, 0) is 45.1 Å². The van der Waals surface area contributed by atoms with Crippen LogP contribution in [0.5, 0.6) is 0 Å². The average molecular weight is 343 g/mol. The third kappa shape index (κ3) is 4.25. The first-order valence-corrected chi connectivity index (χ1v) is 8.95. The van der Waals surface area contributed by atoms with Crippen LogP contribution in [0.25, 0.3) is 10.8 Å². The maximum atomic E-state index is 12.6. The highest BCUT2D eigenvalue weighted by atomic mass is 16.5. The van der Waals surface area contributed by atoms with Crippen LogP contribution in [0.3, 0.4) is 0 Å². The summed E-state index contributed by atoms with van der Waals surface area (Å²) in [6, 6.07) is 7.00. The van der Waals surface area contributed by atoms with E-state index in [2.05, 4.69) is 10.4 Å². The maximum Gasteiger partial charge on any atom is 0.274 e. The summed E-state index contributed by atoms with van der Waals surface area (Å²) in [4.78, 5) is 25.1. The number of aromatic nitrogens is 2. The highest BCUT2D eigenvalue weighted by molar-refractivity contribution is 6.04. The summed E-state index contributed by atoms with van der Waals surface area (Å²) in [7, 11) is 0. The van der Waals surface area contributed by atoms with Gasteiger partial charge >= 0.3 is 0 Å². The van der Waals surface area contributed by atoms with E-state index in [1.165, 1.54) is 17.5 Å². The van der Waals surface area contributed by atoms with Crippen molar-refractivity contribution in [1.29, 1.82) is 0 Å². The largest absolute Gasteiger partial charge is 0.381 e. The van der Waals surface area contributed by atoms with E-state index in [4.69, 9.17) is 4.74 Å². The third-order valence-corrected chi connectivity index (χ3v) is 4.33. The zero-order chi connectivity index (χ0) is 17.8. The van der Waals surface area contributed by atoms with Crippen molar-refractivity contribution in [2.75, 3.05) is 19.8 Å². The monoisotopic (exact) mass is 343 g/mol. The number of fused-ring (bicyclic) bond motifs is 1. The summed E-state index contributed by atoms with van der Waals surface area (Å²) in [6.07, 6.45) is 3.32. The molecular formula is C19H25N3O3. The topological polar surface area (TPSA) is 73.2 Å². The first-order valence-electron chi connectivity index (χ1n) is 8.95. The van der Waals surface area contributed by atoms with Gasteiger partial charge in [-0.15, -0.1) is 0 Å². The number of nitrogens with zero attached hydrogens (tertiary/aromatic N) is 2. The molecule has 1 aliphatic rings. The van der Waals surface area contributed by atoms with Gasteiger partial charge in [-0.25, -0.2) is 4.68 Å². The fourth-order valence-electron chi connectivity index (χ4n) is 2.72. The summed E-state index contributed by atoms with van der Waals surface area (Å²) in [6.45, 7) is 5.76. The molecule has 3 rings (SSSR count). The van der Waals surface area contributed by atoms with E-state index in [1.807, 2.05) is 19.9 Å². The number of carbonyl (C=O) groups is 1.